The molecule has 2 aromatic rings. The monoisotopic (exact) mass is 459 g/mol. The number of hydrogen-bond acceptors (Lipinski definition) is 4. The lowest BCUT2D eigenvalue weighted by Gasteiger charge is -2.37. The SMILES string of the molecule is CC(C)NC(=O)N(CC(=O)N1CCc2sccc2C1COc1cccc(F)c1)CC1CC1. The van der Waals surface area contributed by atoms with E-state index < -0.39 is 0 Å². The van der Waals surface area contributed by atoms with Gasteiger partial charge in [0.15, 0.2) is 0 Å². The third kappa shape index (κ3) is 5.59. The van der Waals surface area contributed by atoms with Crippen molar-refractivity contribution in [1.82, 2.24) is 15.1 Å². The molecule has 3 amide bonds. The van der Waals surface area contributed by atoms with Crippen molar-refractivity contribution >= 4 is 23.3 Å². The van der Waals surface area contributed by atoms with Crippen LogP contribution < -0.4 is 10.1 Å². The van der Waals surface area contributed by atoms with Gasteiger partial charge in [-0.05, 0) is 68.2 Å². The maximum absolute atomic E-state index is 13.6. The van der Waals surface area contributed by atoms with Gasteiger partial charge in [0, 0.05) is 30.1 Å². The second-order valence-electron chi connectivity index (χ2n) is 8.85. The van der Waals surface area contributed by atoms with Crippen LogP contribution in [0.2, 0.25) is 0 Å². The molecular weight excluding hydrogens is 429 g/mol. The van der Waals surface area contributed by atoms with Crippen molar-refractivity contribution in [3.8, 4) is 5.75 Å². The maximum Gasteiger partial charge on any atom is 0.318 e. The molecule has 1 N–H and O–H groups in total. The van der Waals surface area contributed by atoms with E-state index in [2.05, 4.69) is 5.32 Å². The summed E-state index contributed by atoms with van der Waals surface area (Å²) in [7, 11) is 0. The molecule has 1 aliphatic heterocycles. The fraction of sp³-hybridized carbons (Fsp3) is 0.500. The minimum absolute atomic E-state index is 0.00933. The molecule has 1 aromatic carbocycles. The van der Waals surface area contributed by atoms with Gasteiger partial charge in [0.2, 0.25) is 5.91 Å². The molecule has 0 saturated heterocycles. The summed E-state index contributed by atoms with van der Waals surface area (Å²) in [6.45, 7) is 5.29. The lowest BCUT2D eigenvalue weighted by molar-refractivity contribution is -0.135. The van der Waals surface area contributed by atoms with Gasteiger partial charge in [-0.25, -0.2) is 9.18 Å². The molecule has 4 rings (SSSR count). The highest BCUT2D eigenvalue weighted by molar-refractivity contribution is 7.10. The number of hydrogen-bond donors (Lipinski definition) is 1. The topological polar surface area (TPSA) is 61.9 Å². The lowest BCUT2D eigenvalue weighted by Crippen LogP contribution is -2.51. The van der Waals surface area contributed by atoms with Gasteiger partial charge in [-0.2, -0.15) is 0 Å². The number of carbonyl (C=O) groups excluding carboxylic acids is 2. The maximum atomic E-state index is 13.6. The van der Waals surface area contributed by atoms with E-state index in [4.69, 9.17) is 4.74 Å². The molecule has 1 atom stereocenters. The molecule has 1 aromatic heterocycles. The first-order valence-corrected chi connectivity index (χ1v) is 12.1. The number of fused-ring (bicyclic) bond motifs is 1. The molecule has 172 valence electrons. The Morgan fingerprint density at radius 2 is 2.12 bits per heavy atom. The molecule has 0 radical (unpaired) electrons. The van der Waals surface area contributed by atoms with E-state index in [1.54, 1.807) is 28.4 Å². The summed E-state index contributed by atoms with van der Waals surface area (Å²) in [5.74, 6) is 0.473. The van der Waals surface area contributed by atoms with Gasteiger partial charge in [-0.1, -0.05) is 6.07 Å². The number of carbonyl (C=O) groups is 2. The molecule has 6 nitrogen and oxygen atoms in total. The van der Waals surface area contributed by atoms with Crippen LogP contribution in [0.5, 0.6) is 5.75 Å². The fourth-order valence-electron chi connectivity index (χ4n) is 4.03. The van der Waals surface area contributed by atoms with E-state index in [0.717, 1.165) is 24.8 Å². The van der Waals surface area contributed by atoms with Crippen molar-refractivity contribution < 1.29 is 18.7 Å². The second kappa shape index (κ2) is 9.90. The number of ether oxygens (including phenoxy) is 1. The van der Waals surface area contributed by atoms with Crippen LogP contribution in [0.15, 0.2) is 35.7 Å². The van der Waals surface area contributed by atoms with Crippen LogP contribution in [0.25, 0.3) is 0 Å². The average molecular weight is 460 g/mol. The molecule has 32 heavy (non-hydrogen) atoms. The van der Waals surface area contributed by atoms with Crippen molar-refractivity contribution in [1.29, 1.82) is 0 Å². The zero-order valence-electron chi connectivity index (χ0n) is 18.6. The van der Waals surface area contributed by atoms with Gasteiger partial charge < -0.3 is 19.9 Å². The Kier molecular flexibility index (Phi) is 6.98. The van der Waals surface area contributed by atoms with E-state index in [1.165, 1.54) is 17.0 Å². The predicted molar refractivity (Wildman–Crippen MR) is 122 cm³/mol. The number of halogens is 1. The van der Waals surface area contributed by atoms with Gasteiger partial charge >= 0.3 is 6.03 Å². The fourth-order valence-corrected chi connectivity index (χ4v) is 4.96. The number of rotatable bonds is 8. The minimum Gasteiger partial charge on any atom is -0.491 e. The zero-order chi connectivity index (χ0) is 22.7. The number of urea groups is 1. The van der Waals surface area contributed by atoms with Crippen LogP contribution in [0.3, 0.4) is 0 Å². The first-order valence-electron chi connectivity index (χ1n) is 11.2. The molecule has 1 fully saturated rings. The van der Waals surface area contributed by atoms with Crippen molar-refractivity contribution in [3.05, 3.63) is 52.0 Å². The summed E-state index contributed by atoms with van der Waals surface area (Å²) in [6, 6.07) is 7.61. The lowest BCUT2D eigenvalue weighted by atomic mass is 10.0. The van der Waals surface area contributed by atoms with Crippen LogP contribution in [-0.2, 0) is 11.2 Å². The Morgan fingerprint density at radius 3 is 2.84 bits per heavy atom. The van der Waals surface area contributed by atoms with Crippen LogP contribution in [0, 0.1) is 11.7 Å². The van der Waals surface area contributed by atoms with Gasteiger partial charge in [0.25, 0.3) is 0 Å². The number of nitrogens with one attached hydrogen (secondary N) is 1. The molecule has 1 saturated carbocycles. The number of thiophene rings is 1. The first-order chi connectivity index (χ1) is 15.4. The van der Waals surface area contributed by atoms with Crippen LogP contribution in [-0.4, -0.2) is 54.0 Å². The smallest absolute Gasteiger partial charge is 0.318 e. The van der Waals surface area contributed by atoms with E-state index in [0.29, 0.717) is 24.8 Å². The minimum atomic E-state index is -0.359. The van der Waals surface area contributed by atoms with Gasteiger partial charge in [0.1, 0.15) is 24.7 Å². The number of benzene rings is 1. The Morgan fingerprint density at radius 1 is 1.31 bits per heavy atom. The first kappa shape index (κ1) is 22.6. The summed E-state index contributed by atoms with van der Waals surface area (Å²) in [6.07, 6.45) is 2.99. The molecule has 8 heteroatoms. The van der Waals surface area contributed by atoms with E-state index in [9.17, 15) is 14.0 Å². The second-order valence-corrected chi connectivity index (χ2v) is 9.85. The highest BCUT2D eigenvalue weighted by Crippen LogP contribution is 2.34. The van der Waals surface area contributed by atoms with E-state index >= 15 is 0 Å². The summed E-state index contributed by atoms with van der Waals surface area (Å²) >= 11 is 1.68. The molecule has 1 unspecified atom stereocenters. The quantitative estimate of drug-likeness (QED) is 0.643. The molecule has 0 bridgehead atoms. The van der Waals surface area contributed by atoms with Crippen molar-refractivity contribution in [2.45, 2.75) is 45.2 Å². The van der Waals surface area contributed by atoms with E-state index in [-0.39, 0.29) is 43.0 Å². The molecular formula is C24H30FN3O3S. The summed E-state index contributed by atoms with van der Waals surface area (Å²) in [5.41, 5.74) is 1.08. The van der Waals surface area contributed by atoms with Crippen molar-refractivity contribution in [2.75, 3.05) is 26.2 Å². The predicted octanol–water partition coefficient (Wildman–Crippen LogP) is 4.22. The van der Waals surface area contributed by atoms with Crippen molar-refractivity contribution in [2.24, 2.45) is 5.92 Å². The standard InChI is InChI=1S/C24H30FN3O3S/c1-16(2)26-24(30)27(13-17-6-7-17)14-23(29)28-10-8-22-20(9-11-32-22)21(28)15-31-19-5-3-4-18(25)12-19/h3-5,9,11-12,16-17,21H,6-8,10,13-15H2,1-2H3,(H,26,30). The summed E-state index contributed by atoms with van der Waals surface area (Å²) in [4.78, 5) is 30.8. The van der Waals surface area contributed by atoms with Gasteiger partial charge in [0.05, 0.1) is 6.04 Å². The highest BCUT2D eigenvalue weighted by atomic mass is 32.1. The van der Waals surface area contributed by atoms with Crippen LogP contribution in [0.1, 0.15) is 43.2 Å². The summed E-state index contributed by atoms with van der Waals surface area (Å²) in [5, 5.41) is 4.95. The number of amides is 3. The Hall–Kier alpha value is -2.61. The zero-order valence-corrected chi connectivity index (χ0v) is 19.4. The highest BCUT2D eigenvalue weighted by Gasteiger charge is 2.35. The van der Waals surface area contributed by atoms with Crippen molar-refractivity contribution in [3.63, 3.8) is 0 Å². The van der Waals surface area contributed by atoms with Gasteiger partial charge in [-0.15, -0.1) is 11.3 Å². The van der Waals surface area contributed by atoms with Gasteiger partial charge in [-0.3, -0.25) is 4.79 Å². The largest absolute Gasteiger partial charge is 0.491 e. The third-order valence-corrected chi connectivity index (χ3v) is 6.82. The van der Waals surface area contributed by atoms with E-state index in [1.807, 2.05) is 30.2 Å². The molecule has 1 aliphatic carbocycles. The number of nitrogens with zero attached hydrogens (tertiary/aromatic N) is 2. The molecule has 0 spiro atoms. The molecule has 2 heterocycles. The van der Waals surface area contributed by atoms with Crippen LogP contribution >= 0.6 is 11.3 Å². The Bertz CT molecular complexity index is 959. The summed E-state index contributed by atoms with van der Waals surface area (Å²) < 4.78 is 19.4. The Balaban J connectivity index is 1.48. The normalized spacial score (nSPS) is 17.8. The molecule has 2 aliphatic rings. The Labute approximate surface area is 192 Å². The average Bonchev–Trinajstić information content (AvgIpc) is 3.43. The van der Waals surface area contributed by atoms with Crippen LogP contribution in [0.4, 0.5) is 9.18 Å². The third-order valence-electron chi connectivity index (χ3n) is 5.82.